The molecule has 0 amide bonds. The van der Waals surface area contributed by atoms with E-state index in [4.69, 9.17) is 13.3 Å². The lowest BCUT2D eigenvalue weighted by atomic mass is 10.3. The molecule has 0 fully saturated rings. The van der Waals surface area contributed by atoms with Gasteiger partial charge in [0, 0.05) is 51.2 Å². The molecule has 0 unspecified atom stereocenters. The van der Waals surface area contributed by atoms with Crippen LogP contribution in [-0.2, 0) is 22.9 Å². The summed E-state index contributed by atoms with van der Waals surface area (Å²) < 4.78 is 17.6. The Kier molecular flexibility index (Phi) is 12.6. The SMILES string of the molecule is CCO[Si](CC(CSC(C)=O)CSC(C)=O)(OCC)OCC. The van der Waals surface area contributed by atoms with Crippen molar-refractivity contribution in [3.63, 3.8) is 0 Å². The van der Waals surface area contributed by atoms with E-state index in [1.165, 1.54) is 23.5 Å². The summed E-state index contributed by atoms with van der Waals surface area (Å²) in [5.74, 6) is 1.44. The number of thioether (sulfide) groups is 2. The summed E-state index contributed by atoms with van der Waals surface area (Å²) in [4.78, 5) is 22.5. The number of rotatable bonds is 12. The predicted molar refractivity (Wildman–Crippen MR) is 95.2 cm³/mol. The zero-order valence-corrected chi connectivity index (χ0v) is 16.8. The fourth-order valence-electron chi connectivity index (χ4n) is 1.95. The van der Waals surface area contributed by atoms with Gasteiger partial charge in [0.05, 0.1) is 0 Å². The van der Waals surface area contributed by atoms with E-state index in [1.807, 2.05) is 20.8 Å². The molecule has 0 atom stereocenters. The minimum Gasteiger partial charge on any atom is -0.374 e. The van der Waals surface area contributed by atoms with Gasteiger partial charge < -0.3 is 13.3 Å². The molecule has 0 bridgehead atoms. The third-order valence-electron chi connectivity index (χ3n) is 2.68. The average Bonchev–Trinajstić information content (AvgIpc) is 2.42. The van der Waals surface area contributed by atoms with E-state index in [9.17, 15) is 9.59 Å². The average molecular weight is 369 g/mol. The summed E-state index contributed by atoms with van der Waals surface area (Å²) >= 11 is 2.56. The molecule has 0 saturated carbocycles. The lowest BCUT2D eigenvalue weighted by Gasteiger charge is -2.31. The van der Waals surface area contributed by atoms with Crippen LogP contribution in [0.3, 0.4) is 0 Å². The topological polar surface area (TPSA) is 61.8 Å². The first kappa shape index (κ1) is 22.1. The van der Waals surface area contributed by atoms with Crippen molar-refractivity contribution < 1.29 is 22.9 Å². The molecule has 0 aromatic carbocycles. The van der Waals surface area contributed by atoms with Crippen molar-refractivity contribution >= 4 is 42.6 Å². The molecule has 0 radical (unpaired) electrons. The largest absolute Gasteiger partial charge is 0.501 e. The Labute approximate surface area is 143 Å². The van der Waals surface area contributed by atoms with Crippen molar-refractivity contribution in [2.75, 3.05) is 31.3 Å². The molecule has 0 heterocycles. The zero-order valence-electron chi connectivity index (χ0n) is 14.2. The van der Waals surface area contributed by atoms with Crippen LogP contribution in [0.1, 0.15) is 34.6 Å². The quantitative estimate of drug-likeness (QED) is 0.490. The lowest BCUT2D eigenvalue weighted by molar-refractivity contribution is -0.109. The van der Waals surface area contributed by atoms with Gasteiger partial charge >= 0.3 is 8.80 Å². The van der Waals surface area contributed by atoms with Crippen molar-refractivity contribution in [2.24, 2.45) is 5.92 Å². The number of hydrogen-bond acceptors (Lipinski definition) is 7. The second kappa shape index (κ2) is 12.5. The van der Waals surface area contributed by atoms with Crippen molar-refractivity contribution in [1.82, 2.24) is 0 Å². The molecule has 0 aromatic rings. The smallest absolute Gasteiger partial charge is 0.374 e. The molecule has 22 heavy (non-hydrogen) atoms. The molecule has 0 rings (SSSR count). The van der Waals surface area contributed by atoms with Crippen LogP contribution in [0, 0.1) is 5.92 Å². The lowest BCUT2D eigenvalue weighted by Crippen LogP contribution is -2.48. The van der Waals surface area contributed by atoms with Crippen LogP contribution in [-0.4, -0.2) is 50.4 Å². The van der Waals surface area contributed by atoms with Gasteiger partial charge in [0.1, 0.15) is 0 Å². The van der Waals surface area contributed by atoms with Crippen LogP contribution in [0.2, 0.25) is 6.04 Å². The minimum absolute atomic E-state index is 0.0781. The Balaban J connectivity index is 4.94. The molecule has 0 spiro atoms. The monoisotopic (exact) mass is 368 g/mol. The number of carbonyl (C=O) groups is 2. The van der Waals surface area contributed by atoms with Gasteiger partial charge in [-0.25, -0.2) is 0 Å². The maximum atomic E-state index is 11.2. The maximum Gasteiger partial charge on any atom is 0.501 e. The summed E-state index contributed by atoms with van der Waals surface area (Å²) in [5.41, 5.74) is 0. The van der Waals surface area contributed by atoms with Gasteiger partial charge in [-0.1, -0.05) is 23.5 Å². The van der Waals surface area contributed by atoms with Crippen LogP contribution >= 0.6 is 23.5 Å². The van der Waals surface area contributed by atoms with Crippen molar-refractivity contribution in [3.05, 3.63) is 0 Å². The normalized spacial score (nSPS) is 11.9. The fraction of sp³-hybridized carbons (Fsp3) is 0.857. The van der Waals surface area contributed by atoms with Gasteiger partial charge in [-0.3, -0.25) is 9.59 Å². The first-order valence-corrected chi connectivity index (χ1v) is 11.5. The molecule has 0 aromatic heterocycles. The molecule has 0 aliphatic heterocycles. The van der Waals surface area contributed by atoms with E-state index >= 15 is 0 Å². The standard InChI is InChI=1S/C14H28O5S2Si/c1-6-17-22(18-7-2,19-8-3)11-14(9-20-12(4)15)10-21-13(5)16/h14H,6-11H2,1-5H3. The first-order chi connectivity index (χ1) is 10.4. The second-order valence-corrected chi connectivity index (χ2v) is 9.69. The molecule has 0 aliphatic carbocycles. The van der Waals surface area contributed by atoms with Crippen molar-refractivity contribution in [2.45, 2.75) is 40.7 Å². The number of hydrogen-bond donors (Lipinski definition) is 0. The zero-order chi connectivity index (χ0) is 17.0. The van der Waals surface area contributed by atoms with E-state index in [1.54, 1.807) is 13.8 Å². The highest BCUT2D eigenvalue weighted by Gasteiger charge is 2.42. The Bertz CT molecular complexity index is 306. The molecular formula is C14H28O5S2Si. The fourth-order valence-corrected chi connectivity index (χ4v) is 6.85. The van der Waals surface area contributed by atoms with Crippen LogP contribution in [0.4, 0.5) is 0 Å². The predicted octanol–water partition coefficient (Wildman–Crippen LogP) is 3.21. The van der Waals surface area contributed by atoms with Crippen molar-refractivity contribution in [1.29, 1.82) is 0 Å². The van der Waals surface area contributed by atoms with E-state index < -0.39 is 8.80 Å². The summed E-state index contributed by atoms with van der Waals surface area (Å²) in [5, 5.41) is 0.156. The van der Waals surface area contributed by atoms with Gasteiger partial charge in [-0.2, -0.15) is 0 Å². The molecular weight excluding hydrogens is 340 g/mol. The number of carbonyl (C=O) groups excluding carboxylic acids is 2. The van der Waals surface area contributed by atoms with Crippen LogP contribution in [0.5, 0.6) is 0 Å². The van der Waals surface area contributed by atoms with Gasteiger partial charge in [0.2, 0.25) is 0 Å². The van der Waals surface area contributed by atoms with Crippen LogP contribution < -0.4 is 0 Å². The second-order valence-electron chi connectivity index (χ2n) is 4.66. The highest BCUT2D eigenvalue weighted by atomic mass is 32.2. The van der Waals surface area contributed by atoms with Gasteiger partial charge in [0.15, 0.2) is 10.2 Å². The molecule has 0 saturated heterocycles. The summed E-state index contributed by atoms with van der Waals surface area (Å²) in [6.07, 6.45) is 0. The highest BCUT2D eigenvalue weighted by Crippen LogP contribution is 2.27. The highest BCUT2D eigenvalue weighted by molar-refractivity contribution is 8.14. The summed E-state index contributed by atoms with van der Waals surface area (Å²) in [6.45, 7) is 10.4. The van der Waals surface area contributed by atoms with Crippen LogP contribution in [0.15, 0.2) is 0 Å². The van der Waals surface area contributed by atoms with E-state index in [2.05, 4.69) is 0 Å². The Morgan fingerprint density at radius 3 is 1.50 bits per heavy atom. The molecule has 5 nitrogen and oxygen atoms in total. The minimum atomic E-state index is -2.75. The summed E-state index contributed by atoms with van der Waals surface area (Å²) in [7, 11) is -2.75. The molecule has 130 valence electrons. The van der Waals surface area contributed by atoms with Crippen molar-refractivity contribution in [3.8, 4) is 0 Å². The molecule has 0 N–H and O–H groups in total. The maximum absolute atomic E-state index is 11.2. The van der Waals surface area contributed by atoms with E-state index in [-0.39, 0.29) is 16.1 Å². The van der Waals surface area contributed by atoms with Gasteiger partial charge in [-0.05, 0) is 26.7 Å². The van der Waals surface area contributed by atoms with E-state index in [0.29, 0.717) is 37.4 Å². The molecule has 8 heteroatoms. The molecule has 0 aliphatic rings. The third kappa shape index (κ3) is 10.0. The van der Waals surface area contributed by atoms with Gasteiger partial charge in [-0.15, -0.1) is 0 Å². The Hall–Kier alpha value is 0.137. The van der Waals surface area contributed by atoms with Crippen LogP contribution in [0.25, 0.3) is 0 Å². The summed E-state index contributed by atoms with van der Waals surface area (Å²) in [6, 6.07) is 0.628. The Morgan fingerprint density at radius 1 is 0.864 bits per heavy atom. The third-order valence-corrected chi connectivity index (χ3v) is 8.03. The van der Waals surface area contributed by atoms with E-state index in [0.717, 1.165) is 0 Å². The van der Waals surface area contributed by atoms with Gasteiger partial charge in [0.25, 0.3) is 0 Å². The Morgan fingerprint density at radius 2 is 1.23 bits per heavy atom. The first-order valence-electron chi connectivity index (χ1n) is 7.57.